The number of primary amides is 1. The predicted octanol–water partition coefficient (Wildman–Crippen LogP) is 2.79. The average Bonchev–Trinajstić information content (AvgIpc) is 3.21. The number of ether oxygens (including phenoxy) is 1. The van der Waals surface area contributed by atoms with E-state index in [1.165, 1.54) is 0 Å². The maximum absolute atomic E-state index is 13.6. The van der Waals surface area contributed by atoms with Crippen molar-refractivity contribution in [3.05, 3.63) is 29.8 Å². The number of amides is 8. The molecule has 0 radical (unpaired) electrons. The molecule has 1 heterocycles. The Labute approximate surface area is 360 Å². The molecule has 1 aromatic rings. The lowest BCUT2D eigenvalue weighted by Crippen LogP contribution is -2.54. The molecule has 0 bridgehead atoms. The SMILES string of the molecule is CC(C)NCCCC[C@H](NC(=O)CCC(=O)N[C@H](C(=O)N[C@@H](CCCNC(N)=O)C(=O)Nc1ccc(COC(=O)N2CCN(C(=O)C(C)C)CC2)cc1)C(C)C)C(=O)C(C)C. The lowest BCUT2D eigenvalue weighted by atomic mass is 9.97. The summed E-state index contributed by atoms with van der Waals surface area (Å²) in [6.07, 6.45) is 1.59. The first kappa shape index (κ1) is 51.9. The Morgan fingerprint density at radius 2 is 1.26 bits per heavy atom. The van der Waals surface area contributed by atoms with Crippen LogP contribution in [0.15, 0.2) is 24.3 Å². The average molecular weight is 858 g/mol. The van der Waals surface area contributed by atoms with Gasteiger partial charge >= 0.3 is 12.1 Å². The number of urea groups is 1. The summed E-state index contributed by atoms with van der Waals surface area (Å²) < 4.78 is 5.48. The van der Waals surface area contributed by atoms with Gasteiger partial charge in [-0.05, 0) is 62.3 Å². The van der Waals surface area contributed by atoms with Crippen molar-refractivity contribution in [3.8, 4) is 0 Å². The second-order valence-electron chi connectivity index (χ2n) is 16.8. The molecular weight excluding hydrogens is 787 g/mol. The number of hydrogen-bond acceptors (Lipinski definition) is 10. The highest BCUT2D eigenvalue weighted by molar-refractivity contribution is 5.98. The molecule has 8 N–H and O–H groups in total. The zero-order valence-corrected chi connectivity index (χ0v) is 37.4. The largest absolute Gasteiger partial charge is 0.445 e. The van der Waals surface area contributed by atoms with Crippen LogP contribution < -0.4 is 37.6 Å². The molecule has 0 aromatic heterocycles. The number of nitrogens with zero attached hydrogens (tertiary/aromatic N) is 2. The van der Waals surface area contributed by atoms with E-state index in [4.69, 9.17) is 10.5 Å². The van der Waals surface area contributed by atoms with E-state index in [1.54, 1.807) is 61.8 Å². The molecule has 1 fully saturated rings. The quantitative estimate of drug-likeness (QED) is 0.0709. The fourth-order valence-electron chi connectivity index (χ4n) is 6.50. The van der Waals surface area contributed by atoms with Gasteiger partial charge in [0.1, 0.15) is 18.7 Å². The molecule has 18 nitrogen and oxygen atoms in total. The highest BCUT2D eigenvalue weighted by Gasteiger charge is 2.30. The van der Waals surface area contributed by atoms with Crippen LogP contribution in [-0.2, 0) is 40.1 Å². The molecule has 3 atom stereocenters. The van der Waals surface area contributed by atoms with Crippen molar-refractivity contribution in [3.63, 3.8) is 0 Å². The number of nitrogens with two attached hydrogens (primary N) is 1. The smallest absolute Gasteiger partial charge is 0.410 e. The zero-order valence-electron chi connectivity index (χ0n) is 37.4. The van der Waals surface area contributed by atoms with Crippen LogP contribution in [0, 0.1) is 17.8 Å². The van der Waals surface area contributed by atoms with E-state index in [0.717, 1.165) is 19.4 Å². The number of Topliss-reactive ketones (excluding diaryl/α,β-unsaturated/α-hetero) is 1. The van der Waals surface area contributed by atoms with Gasteiger partial charge in [-0.3, -0.25) is 28.8 Å². The van der Waals surface area contributed by atoms with Crippen LogP contribution >= 0.6 is 0 Å². The summed E-state index contributed by atoms with van der Waals surface area (Å²) >= 11 is 0. The highest BCUT2D eigenvalue weighted by Crippen LogP contribution is 2.15. The van der Waals surface area contributed by atoms with Gasteiger partial charge in [0.15, 0.2) is 5.78 Å². The third-order valence-electron chi connectivity index (χ3n) is 10.1. The Bertz CT molecular complexity index is 1610. The molecular formula is C43H71N9O9. The number of carbonyl (C=O) groups excluding carboxylic acids is 8. The number of anilines is 1. The van der Waals surface area contributed by atoms with Gasteiger partial charge in [-0.2, -0.15) is 0 Å². The van der Waals surface area contributed by atoms with Crippen LogP contribution in [0.5, 0.6) is 0 Å². The molecule has 18 heteroatoms. The summed E-state index contributed by atoms with van der Waals surface area (Å²) in [4.78, 5) is 105. The van der Waals surface area contributed by atoms with Crippen LogP contribution in [-0.4, -0.2) is 121 Å². The minimum Gasteiger partial charge on any atom is -0.445 e. The van der Waals surface area contributed by atoms with Crippen LogP contribution in [0.25, 0.3) is 0 Å². The predicted molar refractivity (Wildman–Crippen MR) is 232 cm³/mol. The van der Waals surface area contributed by atoms with E-state index in [2.05, 4.69) is 45.7 Å². The summed E-state index contributed by atoms with van der Waals surface area (Å²) in [6.45, 7) is 17.4. The summed E-state index contributed by atoms with van der Waals surface area (Å²) in [5, 5.41) is 16.8. The molecule has 2 rings (SSSR count). The van der Waals surface area contributed by atoms with E-state index in [9.17, 15) is 38.4 Å². The Morgan fingerprint density at radius 1 is 0.672 bits per heavy atom. The Morgan fingerprint density at radius 3 is 1.82 bits per heavy atom. The number of carbonyl (C=O) groups is 8. The second-order valence-corrected chi connectivity index (χ2v) is 16.8. The van der Waals surface area contributed by atoms with E-state index in [1.807, 2.05) is 13.8 Å². The minimum atomic E-state index is -1.07. The van der Waals surface area contributed by atoms with E-state index in [-0.39, 0.29) is 62.4 Å². The minimum absolute atomic E-state index is 0.00811. The molecule has 1 aliphatic heterocycles. The Kier molecular flexibility index (Phi) is 22.8. The number of rotatable bonds is 25. The lowest BCUT2D eigenvalue weighted by molar-refractivity contribution is -0.136. The summed E-state index contributed by atoms with van der Waals surface area (Å²) in [5.74, 6) is -2.95. The molecule has 0 spiro atoms. The lowest BCUT2D eigenvalue weighted by Gasteiger charge is -2.35. The van der Waals surface area contributed by atoms with Crippen LogP contribution in [0.4, 0.5) is 15.3 Å². The van der Waals surface area contributed by atoms with E-state index < -0.39 is 59.8 Å². The van der Waals surface area contributed by atoms with Crippen LogP contribution in [0.1, 0.15) is 106 Å². The number of piperazine rings is 1. The van der Waals surface area contributed by atoms with Gasteiger partial charge in [0.05, 0.1) is 6.04 Å². The topological polar surface area (TPSA) is 250 Å². The molecule has 1 aliphatic rings. The number of nitrogens with one attached hydrogen (secondary N) is 6. The summed E-state index contributed by atoms with van der Waals surface area (Å²) in [7, 11) is 0. The second kappa shape index (κ2) is 26.8. The fraction of sp³-hybridized carbons (Fsp3) is 0.674. The molecule has 0 aliphatic carbocycles. The fourth-order valence-corrected chi connectivity index (χ4v) is 6.50. The third kappa shape index (κ3) is 19.8. The maximum atomic E-state index is 13.6. The summed E-state index contributed by atoms with van der Waals surface area (Å²) in [5.41, 5.74) is 6.27. The number of hydrogen-bond donors (Lipinski definition) is 7. The van der Waals surface area contributed by atoms with Gasteiger partial charge < -0.3 is 52.2 Å². The first-order valence-electron chi connectivity index (χ1n) is 21.6. The van der Waals surface area contributed by atoms with Gasteiger partial charge in [-0.15, -0.1) is 0 Å². The van der Waals surface area contributed by atoms with Crippen molar-refractivity contribution in [1.82, 2.24) is 36.4 Å². The molecule has 0 saturated carbocycles. The van der Waals surface area contributed by atoms with Gasteiger partial charge in [-0.1, -0.05) is 67.5 Å². The van der Waals surface area contributed by atoms with Gasteiger partial charge in [0.25, 0.3) is 0 Å². The van der Waals surface area contributed by atoms with Crippen LogP contribution in [0.2, 0.25) is 0 Å². The number of ketones is 1. The molecule has 1 saturated heterocycles. The van der Waals surface area contributed by atoms with Gasteiger partial charge in [-0.25, -0.2) is 9.59 Å². The van der Waals surface area contributed by atoms with E-state index in [0.29, 0.717) is 49.9 Å². The van der Waals surface area contributed by atoms with Gasteiger partial charge in [0.2, 0.25) is 29.5 Å². The number of unbranched alkanes of at least 4 members (excludes halogenated alkanes) is 1. The first-order chi connectivity index (χ1) is 28.8. The molecule has 61 heavy (non-hydrogen) atoms. The van der Waals surface area contributed by atoms with Crippen molar-refractivity contribution >= 4 is 53.1 Å². The van der Waals surface area contributed by atoms with Crippen LogP contribution in [0.3, 0.4) is 0 Å². The van der Waals surface area contributed by atoms with Crippen molar-refractivity contribution in [2.24, 2.45) is 23.5 Å². The normalized spacial score (nSPS) is 14.3. The molecule has 8 amide bonds. The molecule has 342 valence electrons. The molecule has 1 aromatic carbocycles. The van der Waals surface area contributed by atoms with Crippen molar-refractivity contribution in [1.29, 1.82) is 0 Å². The highest BCUT2D eigenvalue weighted by atomic mass is 16.6. The van der Waals surface area contributed by atoms with Gasteiger partial charge in [0, 0.05) is 69.1 Å². The first-order valence-corrected chi connectivity index (χ1v) is 21.6. The van der Waals surface area contributed by atoms with Crippen molar-refractivity contribution in [2.45, 2.75) is 131 Å². The van der Waals surface area contributed by atoms with Crippen molar-refractivity contribution < 1.29 is 43.1 Å². The summed E-state index contributed by atoms with van der Waals surface area (Å²) in [6, 6.07) is 3.48. The molecule has 0 unspecified atom stereocenters. The zero-order chi connectivity index (χ0) is 45.6. The van der Waals surface area contributed by atoms with E-state index >= 15 is 0 Å². The standard InChI is InChI=1S/C43H71N9O9/c1-27(2)37(50-36(54)19-18-35(53)48-33(38(55)28(3)4)12-9-10-20-45-30(7)8)40(57)49-34(13-11-21-46-42(44)59)39(56)47-32-16-14-31(15-17-32)26-61-43(60)52-24-22-51(23-25-52)41(58)29(5)6/h14-17,27-30,33-34,37,45H,9-13,18-26H2,1-8H3,(H,47,56)(H,48,53)(H,49,57)(H,50,54)(H3,44,46,59)/t33-,34-,37-/m0/s1. The maximum Gasteiger partial charge on any atom is 0.410 e. The number of benzene rings is 1. The Balaban J connectivity index is 1.98. The van der Waals surface area contributed by atoms with Crippen molar-refractivity contribution in [2.75, 3.05) is 44.6 Å². The third-order valence-corrected chi connectivity index (χ3v) is 10.1. The Hall–Kier alpha value is -5.26. The monoisotopic (exact) mass is 858 g/mol.